The lowest BCUT2D eigenvalue weighted by Gasteiger charge is -2.09. The summed E-state index contributed by atoms with van der Waals surface area (Å²) < 4.78 is 1.08. The van der Waals surface area contributed by atoms with Crippen molar-refractivity contribution in [2.24, 2.45) is 11.7 Å². The fourth-order valence-electron chi connectivity index (χ4n) is 1.67. The number of halogens is 1. The number of hydrogen-bond donors (Lipinski definition) is 2. The van der Waals surface area contributed by atoms with Crippen LogP contribution in [0.2, 0.25) is 0 Å². The second-order valence-electron chi connectivity index (χ2n) is 3.81. The van der Waals surface area contributed by atoms with Gasteiger partial charge in [-0.1, -0.05) is 12.2 Å². The van der Waals surface area contributed by atoms with Crippen LogP contribution in [-0.4, -0.2) is 11.9 Å². The zero-order valence-corrected chi connectivity index (χ0v) is 11.1. The fraction of sp³-hybridized carbons (Fsp3) is 0.364. The lowest BCUT2D eigenvalue weighted by atomic mass is 10.1. The molecule has 1 heterocycles. The summed E-state index contributed by atoms with van der Waals surface area (Å²) in [5.74, 6) is 0.00660. The summed E-state index contributed by atoms with van der Waals surface area (Å²) in [5.41, 5.74) is 5.70. The first kappa shape index (κ1) is 11.8. The van der Waals surface area contributed by atoms with E-state index in [-0.39, 0.29) is 17.9 Å². The first-order valence-electron chi connectivity index (χ1n) is 5.11. The van der Waals surface area contributed by atoms with Gasteiger partial charge in [-0.15, -0.1) is 11.3 Å². The highest BCUT2D eigenvalue weighted by molar-refractivity contribution is 9.11. The number of hydrogen-bond acceptors (Lipinski definition) is 3. The second kappa shape index (κ2) is 5.12. The summed E-state index contributed by atoms with van der Waals surface area (Å²) in [7, 11) is 0. The first-order chi connectivity index (χ1) is 7.65. The number of amides is 1. The van der Waals surface area contributed by atoms with Crippen LogP contribution in [0.5, 0.6) is 0 Å². The van der Waals surface area contributed by atoms with E-state index in [1.54, 1.807) is 11.3 Å². The van der Waals surface area contributed by atoms with Gasteiger partial charge in [0, 0.05) is 10.9 Å². The largest absolute Gasteiger partial charge is 0.351 e. The van der Waals surface area contributed by atoms with Crippen molar-refractivity contribution < 1.29 is 4.79 Å². The number of nitrogens with two attached hydrogens (primary N) is 1. The van der Waals surface area contributed by atoms with Crippen molar-refractivity contribution in [1.29, 1.82) is 0 Å². The Morgan fingerprint density at radius 1 is 1.56 bits per heavy atom. The molecule has 86 valence electrons. The van der Waals surface area contributed by atoms with Crippen LogP contribution in [0.1, 0.15) is 11.3 Å². The van der Waals surface area contributed by atoms with Crippen molar-refractivity contribution in [1.82, 2.24) is 5.32 Å². The first-order valence-corrected chi connectivity index (χ1v) is 6.72. The van der Waals surface area contributed by atoms with E-state index in [9.17, 15) is 4.79 Å². The van der Waals surface area contributed by atoms with E-state index < -0.39 is 0 Å². The van der Waals surface area contributed by atoms with Gasteiger partial charge in [-0.2, -0.15) is 0 Å². The Hall–Kier alpha value is -0.650. The van der Waals surface area contributed by atoms with Gasteiger partial charge in [-0.3, -0.25) is 4.79 Å². The highest BCUT2D eigenvalue weighted by Crippen LogP contribution is 2.22. The molecule has 16 heavy (non-hydrogen) atoms. The molecule has 0 fully saturated rings. The summed E-state index contributed by atoms with van der Waals surface area (Å²) in [6, 6.07) is 4.02. The average molecular weight is 301 g/mol. The van der Waals surface area contributed by atoms with E-state index in [0.29, 0.717) is 6.54 Å². The molecule has 1 aromatic heterocycles. The van der Waals surface area contributed by atoms with E-state index in [1.165, 1.54) is 0 Å². The van der Waals surface area contributed by atoms with E-state index >= 15 is 0 Å². The molecule has 1 aromatic rings. The molecule has 1 amide bonds. The third-order valence-corrected chi connectivity index (χ3v) is 4.14. The van der Waals surface area contributed by atoms with Crippen LogP contribution in [0.4, 0.5) is 0 Å². The third kappa shape index (κ3) is 2.93. The average Bonchev–Trinajstić information content (AvgIpc) is 2.84. The predicted octanol–water partition coefficient (Wildman–Crippen LogP) is 2.03. The Kier molecular flexibility index (Phi) is 3.78. The van der Waals surface area contributed by atoms with Gasteiger partial charge in [-0.25, -0.2) is 0 Å². The molecule has 2 unspecified atom stereocenters. The molecule has 0 spiro atoms. The minimum absolute atomic E-state index is 0.0339. The monoisotopic (exact) mass is 300 g/mol. The molecule has 0 bridgehead atoms. The smallest absolute Gasteiger partial charge is 0.227 e. The molecule has 0 saturated heterocycles. The molecule has 1 aliphatic rings. The summed E-state index contributed by atoms with van der Waals surface area (Å²) in [6.07, 6.45) is 4.51. The van der Waals surface area contributed by atoms with Gasteiger partial charge >= 0.3 is 0 Å². The maximum atomic E-state index is 11.7. The van der Waals surface area contributed by atoms with Gasteiger partial charge < -0.3 is 11.1 Å². The zero-order valence-electron chi connectivity index (χ0n) is 8.65. The van der Waals surface area contributed by atoms with Gasteiger partial charge in [0.15, 0.2) is 0 Å². The summed E-state index contributed by atoms with van der Waals surface area (Å²) in [4.78, 5) is 12.9. The van der Waals surface area contributed by atoms with Gasteiger partial charge in [0.25, 0.3) is 0 Å². The molecule has 5 heteroatoms. The summed E-state index contributed by atoms with van der Waals surface area (Å²) in [5, 5.41) is 2.92. The van der Waals surface area contributed by atoms with Crippen LogP contribution >= 0.6 is 27.3 Å². The molecule has 2 atom stereocenters. The number of carbonyl (C=O) groups excluding carboxylic acids is 1. The molecular weight excluding hydrogens is 288 g/mol. The second-order valence-corrected chi connectivity index (χ2v) is 6.36. The minimum atomic E-state index is -0.0570. The normalized spacial score (nSPS) is 23.6. The number of thiophene rings is 1. The molecule has 2 rings (SSSR count). The maximum Gasteiger partial charge on any atom is 0.227 e. The van der Waals surface area contributed by atoms with E-state index in [2.05, 4.69) is 21.2 Å². The Morgan fingerprint density at radius 3 is 2.94 bits per heavy atom. The van der Waals surface area contributed by atoms with Gasteiger partial charge in [0.05, 0.1) is 16.2 Å². The third-order valence-electron chi connectivity index (χ3n) is 2.52. The van der Waals surface area contributed by atoms with Crippen LogP contribution in [0.3, 0.4) is 0 Å². The molecule has 0 radical (unpaired) electrons. The van der Waals surface area contributed by atoms with Crippen LogP contribution < -0.4 is 11.1 Å². The van der Waals surface area contributed by atoms with Crippen molar-refractivity contribution in [3.63, 3.8) is 0 Å². The van der Waals surface area contributed by atoms with Crippen LogP contribution in [0.25, 0.3) is 0 Å². The summed E-state index contributed by atoms with van der Waals surface area (Å²) in [6.45, 7) is 0.592. The molecule has 0 aliphatic heterocycles. The van der Waals surface area contributed by atoms with Crippen molar-refractivity contribution in [3.05, 3.63) is 32.9 Å². The van der Waals surface area contributed by atoms with E-state index in [4.69, 9.17) is 5.73 Å². The van der Waals surface area contributed by atoms with Crippen molar-refractivity contribution in [2.45, 2.75) is 19.0 Å². The molecule has 3 N–H and O–H groups in total. The lowest BCUT2D eigenvalue weighted by molar-refractivity contribution is -0.123. The Bertz CT molecular complexity index is 416. The number of nitrogens with one attached hydrogen (secondary N) is 1. The Labute approximate surface area is 107 Å². The highest BCUT2D eigenvalue weighted by Gasteiger charge is 2.22. The number of carbonyl (C=O) groups is 1. The maximum absolute atomic E-state index is 11.7. The number of rotatable bonds is 3. The Balaban J connectivity index is 1.82. The van der Waals surface area contributed by atoms with Crippen molar-refractivity contribution in [3.8, 4) is 0 Å². The molecule has 3 nitrogen and oxygen atoms in total. The van der Waals surface area contributed by atoms with E-state index in [1.807, 2.05) is 24.3 Å². The van der Waals surface area contributed by atoms with E-state index in [0.717, 1.165) is 15.1 Å². The van der Waals surface area contributed by atoms with Gasteiger partial charge in [0.1, 0.15) is 0 Å². The molecule has 0 saturated carbocycles. The predicted molar refractivity (Wildman–Crippen MR) is 69.1 cm³/mol. The molecule has 1 aliphatic carbocycles. The zero-order chi connectivity index (χ0) is 11.5. The van der Waals surface area contributed by atoms with Crippen molar-refractivity contribution >= 4 is 33.2 Å². The lowest BCUT2D eigenvalue weighted by Crippen LogP contribution is -2.30. The SMILES string of the molecule is NC1C=CC(C(=O)NCc2ccc(Br)s2)C1. The minimum Gasteiger partial charge on any atom is -0.351 e. The van der Waals surface area contributed by atoms with Crippen LogP contribution in [-0.2, 0) is 11.3 Å². The quantitative estimate of drug-likeness (QED) is 0.839. The molecular formula is C11H13BrN2OS. The van der Waals surface area contributed by atoms with Crippen LogP contribution in [0, 0.1) is 5.92 Å². The Morgan fingerprint density at radius 2 is 2.38 bits per heavy atom. The fourth-order valence-corrected chi connectivity index (χ4v) is 3.10. The topological polar surface area (TPSA) is 55.1 Å². The standard InChI is InChI=1S/C11H13BrN2OS/c12-10-4-3-9(16-10)6-14-11(15)7-1-2-8(13)5-7/h1-4,7-8H,5-6,13H2,(H,14,15). The van der Waals surface area contributed by atoms with Crippen LogP contribution in [0.15, 0.2) is 28.1 Å². The highest BCUT2D eigenvalue weighted by atomic mass is 79.9. The van der Waals surface area contributed by atoms with Crippen molar-refractivity contribution in [2.75, 3.05) is 0 Å². The van der Waals surface area contributed by atoms with Gasteiger partial charge in [0.2, 0.25) is 5.91 Å². The molecule has 0 aromatic carbocycles. The van der Waals surface area contributed by atoms with Gasteiger partial charge in [-0.05, 0) is 34.5 Å². The summed E-state index contributed by atoms with van der Waals surface area (Å²) >= 11 is 5.02.